The van der Waals surface area contributed by atoms with Crippen LogP contribution in [0.1, 0.15) is 12.0 Å². The first-order valence-corrected chi connectivity index (χ1v) is 8.13. The van der Waals surface area contributed by atoms with E-state index >= 15 is 0 Å². The van der Waals surface area contributed by atoms with Gasteiger partial charge in [-0.15, -0.1) is 11.3 Å². The lowest BCUT2D eigenvalue weighted by Gasteiger charge is -2.14. The molecule has 108 valence electrons. The Morgan fingerprint density at radius 3 is 3.10 bits per heavy atom. The molecule has 0 spiro atoms. The molecule has 0 saturated carbocycles. The van der Waals surface area contributed by atoms with E-state index < -0.39 is 0 Å². The Kier molecular flexibility index (Phi) is 4.68. The van der Waals surface area contributed by atoms with Crippen molar-refractivity contribution in [1.82, 2.24) is 4.90 Å². The van der Waals surface area contributed by atoms with Crippen molar-refractivity contribution in [1.29, 1.82) is 0 Å². The van der Waals surface area contributed by atoms with E-state index in [0.717, 1.165) is 45.7 Å². The SMILES string of the molecule is O[C@@H]1CCN(CCOCCc2ccc3sccc3c2)C1. The first-order chi connectivity index (χ1) is 9.81. The monoisotopic (exact) mass is 291 g/mol. The summed E-state index contributed by atoms with van der Waals surface area (Å²) in [6.45, 7) is 4.26. The molecule has 4 heteroatoms. The molecule has 2 heterocycles. The van der Waals surface area contributed by atoms with Gasteiger partial charge in [0.2, 0.25) is 0 Å². The van der Waals surface area contributed by atoms with E-state index in [1.807, 2.05) is 0 Å². The molecule has 1 aliphatic heterocycles. The number of hydrogen-bond acceptors (Lipinski definition) is 4. The lowest BCUT2D eigenvalue weighted by molar-refractivity contribution is 0.106. The number of ether oxygens (including phenoxy) is 1. The van der Waals surface area contributed by atoms with Gasteiger partial charge in [-0.3, -0.25) is 4.90 Å². The van der Waals surface area contributed by atoms with Gasteiger partial charge in [0.25, 0.3) is 0 Å². The van der Waals surface area contributed by atoms with Crippen LogP contribution in [0.4, 0.5) is 0 Å². The lowest BCUT2D eigenvalue weighted by atomic mass is 10.1. The maximum absolute atomic E-state index is 9.44. The average molecular weight is 291 g/mol. The van der Waals surface area contributed by atoms with Crippen molar-refractivity contribution in [3.8, 4) is 0 Å². The Bertz CT molecular complexity index is 554. The molecule has 0 amide bonds. The fourth-order valence-corrected chi connectivity index (χ4v) is 3.44. The second-order valence-corrected chi connectivity index (χ2v) is 6.35. The summed E-state index contributed by atoms with van der Waals surface area (Å²) in [5.41, 5.74) is 1.34. The summed E-state index contributed by atoms with van der Waals surface area (Å²) in [5, 5.41) is 12.9. The minimum absolute atomic E-state index is 0.132. The third kappa shape index (κ3) is 3.58. The van der Waals surface area contributed by atoms with Crippen molar-refractivity contribution >= 4 is 21.4 Å². The minimum Gasteiger partial charge on any atom is -0.392 e. The highest BCUT2D eigenvalue weighted by atomic mass is 32.1. The zero-order valence-electron chi connectivity index (χ0n) is 11.6. The minimum atomic E-state index is -0.132. The molecule has 2 aromatic rings. The van der Waals surface area contributed by atoms with Crippen molar-refractivity contribution < 1.29 is 9.84 Å². The Labute approximate surface area is 123 Å². The number of aliphatic hydroxyl groups excluding tert-OH is 1. The Morgan fingerprint density at radius 2 is 2.25 bits per heavy atom. The smallest absolute Gasteiger partial charge is 0.0679 e. The van der Waals surface area contributed by atoms with E-state index in [1.54, 1.807) is 11.3 Å². The van der Waals surface area contributed by atoms with Crippen molar-refractivity contribution in [2.45, 2.75) is 18.9 Å². The van der Waals surface area contributed by atoms with Gasteiger partial charge in [-0.05, 0) is 41.3 Å². The van der Waals surface area contributed by atoms with E-state index in [0.29, 0.717) is 0 Å². The third-order valence-corrected chi connectivity index (χ3v) is 4.75. The fourth-order valence-electron chi connectivity index (χ4n) is 2.67. The highest BCUT2D eigenvalue weighted by Gasteiger charge is 2.19. The quantitative estimate of drug-likeness (QED) is 0.830. The normalized spacial score (nSPS) is 19.9. The molecule has 1 N–H and O–H groups in total. The van der Waals surface area contributed by atoms with Crippen LogP contribution in [0.25, 0.3) is 10.1 Å². The van der Waals surface area contributed by atoms with Crippen molar-refractivity contribution in [2.24, 2.45) is 0 Å². The van der Waals surface area contributed by atoms with Crippen LogP contribution in [0.5, 0.6) is 0 Å². The summed E-state index contributed by atoms with van der Waals surface area (Å²) in [5.74, 6) is 0. The van der Waals surface area contributed by atoms with E-state index in [1.165, 1.54) is 15.6 Å². The van der Waals surface area contributed by atoms with Gasteiger partial charge in [-0.2, -0.15) is 0 Å². The fraction of sp³-hybridized carbons (Fsp3) is 0.500. The molecule has 0 bridgehead atoms. The van der Waals surface area contributed by atoms with E-state index in [4.69, 9.17) is 4.74 Å². The Balaban J connectivity index is 1.37. The van der Waals surface area contributed by atoms with Gasteiger partial charge in [0.1, 0.15) is 0 Å². The van der Waals surface area contributed by atoms with Gasteiger partial charge < -0.3 is 9.84 Å². The maximum Gasteiger partial charge on any atom is 0.0679 e. The molecule has 3 nitrogen and oxygen atoms in total. The molecular formula is C16H21NO2S. The number of fused-ring (bicyclic) bond motifs is 1. The standard InChI is InChI=1S/C16H21NO2S/c18-15-3-6-17(12-15)7-9-19-8-4-13-1-2-16-14(11-13)5-10-20-16/h1-2,5,10-11,15,18H,3-4,6-9,12H2/t15-/m1/s1. The lowest BCUT2D eigenvalue weighted by Crippen LogP contribution is -2.26. The van der Waals surface area contributed by atoms with Gasteiger partial charge >= 0.3 is 0 Å². The highest BCUT2D eigenvalue weighted by molar-refractivity contribution is 7.17. The molecule has 0 radical (unpaired) electrons. The molecule has 20 heavy (non-hydrogen) atoms. The van der Waals surface area contributed by atoms with Gasteiger partial charge in [0.15, 0.2) is 0 Å². The van der Waals surface area contributed by atoms with Gasteiger partial charge in [-0.1, -0.05) is 12.1 Å². The number of aliphatic hydroxyl groups is 1. The number of rotatable bonds is 6. The second-order valence-electron chi connectivity index (χ2n) is 5.40. The summed E-state index contributed by atoms with van der Waals surface area (Å²) >= 11 is 1.79. The van der Waals surface area contributed by atoms with Crippen LogP contribution >= 0.6 is 11.3 Å². The summed E-state index contributed by atoms with van der Waals surface area (Å²) in [4.78, 5) is 2.27. The largest absolute Gasteiger partial charge is 0.392 e. The van der Waals surface area contributed by atoms with Crippen LogP contribution < -0.4 is 0 Å². The molecule has 1 aromatic carbocycles. The van der Waals surface area contributed by atoms with E-state index in [2.05, 4.69) is 34.5 Å². The molecule has 1 fully saturated rings. The summed E-state index contributed by atoms with van der Waals surface area (Å²) in [6, 6.07) is 8.81. The van der Waals surface area contributed by atoms with Crippen LogP contribution in [0, 0.1) is 0 Å². The maximum atomic E-state index is 9.44. The zero-order chi connectivity index (χ0) is 13.8. The summed E-state index contributed by atoms with van der Waals surface area (Å²) in [7, 11) is 0. The van der Waals surface area contributed by atoms with Crippen LogP contribution in [0.3, 0.4) is 0 Å². The third-order valence-electron chi connectivity index (χ3n) is 3.85. The molecule has 1 saturated heterocycles. The molecule has 1 aromatic heterocycles. The molecule has 1 atom stereocenters. The van der Waals surface area contributed by atoms with Gasteiger partial charge in [0.05, 0.1) is 19.3 Å². The molecular weight excluding hydrogens is 270 g/mol. The van der Waals surface area contributed by atoms with Crippen molar-refractivity contribution in [3.05, 3.63) is 35.2 Å². The predicted molar refractivity (Wildman–Crippen MR) is 83.4 cm³/mol. The van der Waals surface area contributed by atoms with Gasteiger partial charge in [0, 0.05) is 24.3 Å². The number of β-amino-alcohol motifs (C(OH)–C–C–N with tert-alkyl or cyclic N) is 1. The highest BCUT2D eigenvalue weighted by Crippen LogP contribution is 2.21. The molecule has 0 aliphatic carbocycles. The van der Waals surface area contributed by atoms with Crippen LogP contribution in [-0.2, 0) is 11.2 Å². The van der Waals surface area contributed by atoms with Crippen LogP contribution in [0.2, 0.25) is 0 Å². The number of nitrogens with zero attached hydrogens (tertiary/aromatic N) is 1. The molecule has 1 aliphatic rings. The zero-order valence-corrected chi connectivity index (χ0v) is 12.4. The van der Waals surface area contributed by atoms with Crippen LogP contribution in [-0.4, -0.2) is 49.0 Å². The van der Waals surface area contributed by atoms with Crippen molar-refractivity contribution in [3.63, 3.8) is 0 Å². The Morgan fingerprint density at radius 1 is 1.30 bits per heavy atom. The number of likely N-dealkylation sites (tertiary alicyclic amines) is 1. The number of benzene rings is 1. The first kappa shape index (κ1) is 14.0. The topological polar surface area (TPSA) is 32.7 Å². The van der Waals surface area contributed by atoms with Gasteiger partial charge in [-0.25, -0.2) is 0 Å². The Hall–Kier alpha value is -0.940. The first-order valence-electron chi connectivity index (χ1n) is 7.25. The second kappa shape index (κ2) is 6.68. The number of thiophene rings is 1. The summed E-state index contributed by atoms with van der Waals surface area (Å²) < 4.78 is 7.06. The van der Waals surface area contributed by atoms with E-state index in [-0.39, 0.29) is 6.10 Å². The van der Waals surface area contributed by atoms with Crippen LogP contribution in [0.15, 0.2) is 29.6 Å². The average Bonchev–Trinajstić information content (AvgIpc) is 3.06. The number of hydrogen-bond donors (Lipinski definition) is 1. The van der Waals surface area contributed by atoms with Crippen molar-refractivity contribution in [2.75, 3.05) is 32.8 Å². The molecule has 0 unspecified atom stereocenters. The van der Waals surface area contributed by atoms with E-state index in [9.17, 15) is 5.11 Å². The predicted octanol–water partition coefficient (Wildman–Crippen LogP) is 2.53. The molecule has 3 rings (SSSR count). The summed E-state index contributed by atoms with van der Waals surface area (Å²) in [6.07, 6.45) is 1.74.